The van der Waals surface area contributed by atoms with Crippen LogP contribution >= 0.6 is 22.9 Å². The van der Waals surface area contributed by atoms with Crippen molar-refractivity contribution >= 4 is 33.8 Å². The molecule has 0 saturated heterocycles. The van der Waals surface area contributed by atoms with Crippen LogP contribution in [0.5, 0.6) is 5.75 Å². The smallest absolute Gasteiger partial charge is 0.175 e. The molecule has 0 aliphatic rings. The lowest BCUT2D eigenvalue weighted by atomic mass is 10.1. The number of rotatable bonds is 3. The van der Waals surface area contributed by atoms with Crippen molar-refractivity contribution in [2.45, 2.75) is 13.3 Å². The van der Waals surface area contributed by atoms with E-state index in [1.165, 1.54) is 5.56 Å². The minimum Gasteiger partial charge on any atom is -0.495 e. The van der Waals surface area contributed by atoms with E-state index in [1.54, 1.807) is 18.4 Å². The highest BCUT2D eigenvalue weighted by molar-refractivity contribution is 7.13. The highest BCUT2D eigenvalue weighted by Gasteiger charge is 2.14. The first-order valence-electron chi connectivity index (χ1n) is 6.31. The van der Waals surface area contributed by atoms with E-state index in [0.29, 0.717) is 11.0 Å². The molecule has 0 aliphatic carbocycles. The van der Waals surface area contributed by atoms with E-state index in [9.17, 15) is 0 Å². The Morgan fingerprint density at radius 2 is 2.10 bits per heavy atom. The Hall–Kier alpha value is -1.65. The predicted molar refractivity (Wildman–Crippen MR) is 83.8 cm³/mol. The molecule has 1 aromatic carbocycles. The van der Waals surface area contributed by atoms with Crippen molar-refractivity contribution in [1.82, 2.24) is 9.97 Å². The van der Waals surface area contributed by atoms with E-state index >= 15 is 0 Å². The van der Waals surface area contributed by atoms with Gasteiger partial charge in [-0.2, -0.15) is 0 Å². The summed E-state index contributed by atoms with van der Waals surface area (Å²) in [6.07, 6.45) is 0.908. The van der Waals surface area contributed by atoms with E-state index in [4.69, 9.17) is 21.3 Å². The molecule has 5 heteroatoms. The zero-order valence-electron chi connectivity index (χ0n) is 11.2. The number of halogens is 1. The van der Waals surface area contributed by atoms with Crippen LogP contribution in [0.2, 0.25) is 5.15 Å². The number of benzene rings is 1. The van der Waals surface area contributed by atoms with Gasteiger partial charge in [0, 0.05) is 5.39 Å². The summed E-state index contributed by atoms with van der Waals surface area (Å²) in [5.74, 6) is 1.40. The van der Waals surface area contributed by atoms with Gasteiger partial charge in [-0.3, -0.25) is 0 Å². The standard InChI is InChI=1S/C15H13ClN2OS/c1-3-9-5-4-6-10-12(9)17-15(18-14(10)16)13-11(19-2)7-8-20-13/h4-8H,3H2,1-2H3. The molecule has 0 N–H and O–H groups in total. The van der Waals surface area contributed by atoms with Crippen LogP contribution in [0.4, 0.5) is 0 Å². The zero-order valence-corrected chi connectivity index (χ0v) is 12.8. The first-order chi connectivity index (χ1) is 9.74. The molecule has 0 unspecified atom stereocenters. The van der Waals surface area contributed by atoms with E-state index < -0.39 is 0 Å². The van der Waals surface area contributed by atoms with E-state index in [1.807, 2.05) is 23.6 Å². The lowest BCUT2D eigenvalue weighted by molar-refractivity contribution is 0.418. The van der Waals surface area contributed by atoms with Crippen molar-refractivity contribution in [3.8, 4) is 16.5 Å². The van der Waals surface area contributed by atoms with Gasteiger partial charge in [-0.1, -0.05) is 30.7 Å². The normalized spacial score (nSPS) is 10.9. The maximum Gasteiger partial charge on any atom is 0.175 e. The number of nitrogens with zero attached hydrogens (tertiary/aromatic N) is 2. The average Bonchev–Trinajstić information content (AvgIpc) is 2.95. The highest BCUT2D eigenvalue weighted by atomic mass is 35.5. The fourth-order valence-corrected chi connectivity index (χ4v) is 3.21. The van der Waals surface area contributed by atoms with Crippen LogP contribution in [-0.2, 0) is 6.42 Å². The van der Waals surface area contributed by atoms with E-state index in [0.717, 1.165) is 28.0 Å². The largest absolute Gasteiger partial charge is 0.495 e. The van der Waals surface area contributed by atoms with Crippen molar-refractivity contribution in [2.24, 2.45) is 0 Å². The summed E-state index contributed by atoms with van der Waals surface area (Å²) >= 11 is 7.87. The Morgan fingerprint density at radius 1 is 1.25 bits per heavy atom. The minimum absolute atomic E-state index is 0.482. The maximum absolute atomic E-state index is 6.32. The van der Waals surface area contributed by atoms with E-state index in [-0.39, 0.29) is 0 Å². The monoisotopic (exact) mass is 304 g/mol. The molecule has 2 aromatic heterocycles. The molecule has 3 nitrogen and oxygen atoms in total. The third-order valence-electron chi connectivity index (χ3n) is 3.20. The second kappa shape index (κ2) is 5.38. The quantitative estimate of drug-likeness (QED) is 0.664. The second-order valence-electron chi connectivity index (χ2n) is 4.32. The summed E-state index contributed by atoms with van der Waals surface area (Å²) in [5.41, 5.74) is 2.09. The van der Waals surface area contributed by atoms with Gasteiger partial charge >= 0.3 is 0 Å². The highest BCUT2D eigenvalue weighted by Crippen LogP contribution is 2.35. The minimum atomic E-state index is 0.482. The van der Waals surface area contributed by atoms with Crippen LogP contribution in [0.1, 0.15) is 12.5 Å². The number of para-hydroxylation sites is 1. The molecular formula is C15H13ClN2OS. The zero-order chi connectivity index (χ0) is 14.1. The number of fused-ring (bicyclic) bond motifs is 1. The molecule has 0 bridgehead atoms. The van der Waals surface area contributed by atoms with Crippen molar-refractivity contribution in [3.63, 3.8) is 0 Å². The Labute approximate surface area is 126 Å². The van der Waals surface area contributed by atoms with Gasteiger partial charge in [0.15, 0.2) is 5.82 Å². The number of thiophene rings is 1. The number of methoxy groups -OCH3 is 1. The summed E-state index contributed by atoms with van der Waals surface area (Å²) in [4.78, 5) is 10.0. The van der Waals surface area contributed by atoms with Crippen LogP contribution in [0, 0.1) is 0 Å². The number of ether oxygens (including phenoxy) is 1. The molecule has 0 saturated carbocycles. The molecular weight excluding hydrogens is 292 g/mol. The van der Waals surface area contributed by atoms with Crippen molar-refractivity contribution in [1.29, 1.82) is 0 Å². The van der Waals surface area contributed by atoms with Gasteiger partial charge in [-0.15, -0.1) is 11.3 Å². The Kier molecular flexibility index (Phi) is 3.59. The van der Waals surface area contributed by atoms with Crippen LogP contribution < -0.4 is 4.74 Å². The van der Waals surface area contributed by atoms with Crippen molar-refractivity contribution in [2.75, 3.05) is 7.11 Å². The molecule has 0 fully saturated rings. The van der Waals surface area contributed by atoms with Gasteiger partial charge in [-0.25, -0.2) is 9.97 Å². The third-order valence-corrected chi connectivity index (χ3v) is 4.38. The molecule has 0 amide bonds. The topological polar surface area (TPSA) is 35.0 Å². The molecule has 20 heavy (non-hydrogen) atoms. The van der Waals surface area contributed by atoms with Gasteiger partial charge in [0.2, 0.25) is 0 Å². The summed E-state index contributed by atoms with van der Waals surface area (Å²) < 4.78 is 5.34. The van der Waals surface area contributed by atoms with Crippen LogP contribution in [0.3, 0.4) is 0 Å². The molecule has 102 valence electrons. The molecule has 0 atom stereocenters. The lowest BCUT2D eigenvalue weighted by Crippen LogP contribution is -1.95. The van der Waals surface area contributed by atoms with Gasteiger partial charge in [0.05, 0.1) is 12.6 Å². The summed E-state index contributed by atoms with van der Waals surface area (Å²) in [5, 5.41) is 3.34. The number of hydrogen-bond acceptors (Lipinski definition) is 4. The molecule has 0 radical (unpaired) electrons. The fourth-order valence-electron chi connectivity index (χ4n) is 2.18. The van der Waals surface area contributed by atoms with Crippen LogP contribution in [0.15, 0.2) is 29.6 Å². The van der Waals surface area contributed by atoms with E-state index in [2.05, 4.69) is 18.0 Å². The number of aryl methyl sites for hydroxylation is 1. The predicted octanol–water partition coefficient (Wildman–Crippen LogP) is 4.58. The molecule has 0 aliphatic heterocycles. The Morgan fingerprint density at radius 3 is 2.85 bits per heavy atom. The molecule has 3 rings (SSSR count). The molecule has 3 aromatic rings. The molecule has 2 heterocycles. The van der Waals surface area contributed by atoms with Crippen molar-refractivity contribution in [3.05, 3.63) is 40.4 Å². The van der Waals surface area contributed by atoms with Crippen LogP contribution in [0.25, 0.3) is 21.6 Å². The second-order valence-corrected chi connectivity index (χ2v) is 5.60. The fraction of sp³-hybridized carbons (Fsp3) is 0.200. The first-order valence-corrected chi connectivity index (χ1v) is 7.57. The van der Waals surface area contributed by atoms with Gasteiger partial charge in [0.1, 0.15) is 15.8 Å². The lowest BCUT2D eigenvalue weighted by Gasteiger charge is -2.08. The van der Waals surface area contributed by atoms with Gasteiger partial charge in [-0.05, 0) is 29.5 Å². The summed E-state index contributed by atoms with van der Waals surface area (Å²) in [7, 11) is 1.64. The van der Waals surface area contributed by atoms with Gasteiger partial charge in [0.25, 0.3) is 0 Å². The van der Waals surface area contributed by atoms with Gasteiger partial charge < -0.3 is 4.74 Å². The van der Waals surface area contributed by atoms with Crippen molar-refractivity contribution < 1.29 is 4.74 Å². The number of hydrogen-bond donors (Lipinski definition) is 0. The molecule has 0 spiro atoms. The Bertz CT molecular complexity index is 770. The maximum atomic E-state index is 6.32. The SMILES string of the molecule is CCc1cccc2c(Cl)nc(-c3sccc3OC)nc12. The number of aromatic nitrogens is 2. The Balaban J connectivity index is 2.28. The summed E-state index contributed by atoms with van der Waals surface area (Å²) in [6.45, 7) is 2.11. The summed E-state index contributed by atoms with van der Waals surface area (Å²) in [6, 6.07) is 7.92. The average molecular weight is 305 g/mol. The first kappa shape index (κ1) is 13.3. The van der Waals surface area contributed by atoms with Crippen LogP contribution in [-0.4, -0.2) is 17.1 Å². The third kappa shape index (κ3) is 2.15.